The Morgan fingerprint density at radius 2 is 2.11 bits per heavy atom. The molecule has 4 N–H and O–H groups in total. The molecular weight excluding hydrogens is 248 g/mol. The number of hydrogen-bond acceptors (Lipinski definition) is 3. The minimum absolute atomic E-state index is 0.323. The van der Waals surface area contributed by atoms with Gasteiger partial charge in [0, 0.05) is 6.54 Å². The molecule has 6 nitrogen and oxygen atoms in total. The van der Waals surface area contributed by atoms with Crippen LogP contribution in [0.4, 0.5) is 4.79 Å². The summed E-state index contributed by atoms with van der Waals surface area (Å²) in [5, 5.41) is 23.1. The number of rotatable bonds is 6. The Bertz CT molecular complexity index is 364. The largest absolute Gasteiger partial charge is 0.479 e. The highest BCUT2D eigenvalue weighted by molar-refractivity contribution is 5.79. The van der Waals surface area contributed by atoms with Crippen LogP contribution in [-0.4, -0.2) is 40.9 Å². The first-order chi connectivity index (χ1) is 8.92. The lowest BCUT2D eigenvalue weighted by Gasteiger charge is -2.18. The molecule has 108 valence electrons. The fourth-order valence-electron chi connectivity index (χ4n) is 1.86. The number of urea groups is 1. The molecule has 1 atom stereocenters. The van der Waals surface area contributed by atoms with Gasteiger partial charge in [-0.25, -0.2) is 9.59 Å². The number of carboxylic acid groups (broad SMARTS) is 1. The summed E-state index contributed by atoms with van der Waals surface area (Å²) >= 11 is 0. The lowest BCUT2D eigenvalue weighted by atomic mass is 9.97. The molecule has 19 heavy (non-hydrogen) atoms. The number of carboxylic acids is 1. The zero-order valence-electron chi connectivity index (χ0n) is 11.2. The number of amides is 2. The van der Waals surface area contributed by atoms with Crippen LogP contribution >= 0.6 is 0 Å². The number of hydrogen-bond donors (Lipinski definition) is 4. The molecule has 0 fully saturated rings. The second-order valence-corrected chi connectivity index (χ2v) is 5.05. The third-order valence-corrected chi connectivity index (χ3v) is 3.17. The molecule has 0 saturated heterocycles. The molecule has 2 amide bonds. The van der Waals surface area contributed by atoms with Crippen molar-refractivity contribution in [1.29, 1.82) is 0 Å². The quantitative estimate of drug-likeness (QED) is 0.541. The molecule has 0 bridgehead atoms. The van der Waals surface area contributed by atoms with Crippen molar-refractivity contribution >= 4 is 12.0 Å². The monoisotopic (exact) mass is 270 g/mol. The first-order valence-electron chi connectivity index (χ1n) is 6.57. The van der Waals surface area contributed by atoms with E-state index in [0.717, 1.165) is 26.2 Å². The van der Waals surface area contributed by atoms with Crippen LogP contribution in [0.2, 0.25) is 0 Å². The van der Waals surface area contributed by atoms with Crippen molar-refractivity contribution in [2.45, 2.75) is 44.6 Å². The minimum Gasteiger partial charge on any atom is -0.479 e. The number of nitrogens with one attached hydrogen (secondary N) is 2. The predicted octanol–water partition coefficient (Wildman–Crippen LogP) is 1.01. The van der Waals surface area contributed by atoms with Gasteiger partial charge in [-0.2, -0.15) is 0 Å². The second kappa shape index (κ2) is 7.13. The van der Waals surface area contributed by atoms with Gasteiger partial charge in [0.2, 0.25) is 0 Å². The summed E-state index contributed by atoms with van der Waals surface area (Å²) in [5.74, 6) is -1.36. The van der Waals surface area contributed by atoms with Gasteiger partial charge in [-0.15, -0.1) is 0 Å². The molecule has 0 aromatic rings. The van der Waals surface area contributed by atoms with E-state index in [-0.39, 0.29) is 6.54 Å². The summed E-state index contributed by atoms with van der Waals surface area (Å²) in [6.45, 7) is 1.34. The van der Waals surface area contributed by atoms with E-state index in [0.29, 0.717) is 6.54 Å². The highest BCUT2D eigenvalue weighted by Crippen LogP contribution is 2.19. The van der Waals surface area contributed by atoms with Crippen LogP contribution in [0.1, 0.15) is 39.0 Å². The maximum atomic E-state index is 11.4. The zero-order chi connectivity index (χ0) is 14.3. The smallest absolute Gasteiger partial charge is 0.337 e. The van der Waals surface area contributed by atoms with Crippen LogP contribution in [0.5, 0.6) is 0 Å². The topological polar surface area (TPSA) is 98.7 Å². The average Bonchev–Trinajstić information content (AvgIpc) is 2.37. The molecular formula is C13H22N2O4. The Labute approximate surface area is 112 Å². The lowest BCUT2D eigenvalue weighted by Crippen LogP contribution is -2.49. The Morgan fingerprint density at radius 1 is 1.37 bits per heavy atom. The Kier molecular flexibility index (Phi) is 5.82. The van der Waals surface area contributed by atoms with Crippen LogP contribution in [0.15, 0.2) is 11.6 Å². The summed E-state index contributed by atoms with van der Waals surface area (Å²) in [7, 11) is 0. The third-order valence-electron chi connectivity index (χ3n) is 3.17. The number of carbonyl (C=O) groups is 2. The molecule has 1 aliphatic rings. The molecule has 1 aliphatic carbocycles. The van der Waals surface area contributed by atoms with Crippen LogP contribution in [-0.2, 0) is 4.79 Å². The molecule has 0 aromatic heterocycles. The van der Waals surface area contributed by atoms with Crippen LogP contribution in [0.25, 0.3) is 0 Å². The molecule has 0 heterocycles. The van der Waals surface area contributed by atoms with Gasteiger partial charge < -0.3 is 20.8 Å². The van der Waals surface area contributed by atoms with Gasteiger partial charge in [0.05, 0.1) is 6.54 Å². The van der Waals surface area contributed by atoms with Crippen LogP contribution in [0.3, 0.4) is 0 Å². The summed E-state index contributed by atoms with van der Waals surface area (Å²) in [6, 6.07) is -0.460. The Morgan fingerprint density at radius 3 is 2.68 bits per heavy atom. The van der Waals surface area contributed by atoms with Crippen molar-refractivity contribution in [2.75, 3.05) is 13.1 Å². The number of allylic oxidation sites excluding steroid dienone is 1. The van der Waals surface area contributed by atoms with Crippen molar-refractivity contribution in [3.8, 4) is 0 Å². The second-order valence-electron chi connectivity index (χ2n) is 5.05. The van der Waals surface area contributed by atoms with Crippen molar-refractivity contribution in [2.24, 2.45) is 0 Å². The van der Waals surface area contributed by atoms with Crippen molar-refractivity contribution < 1.29 is 19.8 Å². The van der Waals surface area contributed by atoms with E-state index in [4.69, 9.17) is 5.11 Å². The van der Waals surface area contributed by atoms with Gasteiger partial charge in [-0.05, 0) is 39.0 Å². The standard InChI is InChI=1S/C13H22N2O4/c1-13(19,11(16)17)9-15-12(18)14-8-7-10-5-3-2-4-6-10/h5,19H,2-4,6-9H2,1H3,(H,16,17)(H2,14,15,18). The van der Waals surface area contributed by atoms with Gasteiger partial charge in [0.15, 0.2) is 5.60 Å². The van der Waals surface area contributed by atoms with E-state index in [1.807, 2.05) is 0 Å². The van der Waals surface area contributed by atoms with E-state index in [2.05, 4.69) is 16.7 Å². The van der Waals surface area contributed by atoms with E-state index >= 15 is 0 Å². The molecule has 1 unspecified atom stereocenters. The van der Waals surface area contributed by atoms with E-state index in [1.54, 1.807) is 0 Å². The summed E-state index contributed by atoms with van der Waals surface area (Å²) in [6.07, 6.45) is 7.70. The molecule has 0 aromatic carbocycles. The first kappa shape index (κ1) is 15.5. The van der Waals surface area contributed by atoms with Crippen LogP contribution in [0, 0.1) is 0 Å². The fourth-order valence-corrected chi connectivity index (χ4v) is 1.86. The maximum absolute atomic E-state index is 11.4. The Balaban J connectivity index is 2.18. The first-order valence-corrected chi connectivity index (χ1v) is 6.57. The summed E-state index contributed by atoms with van der Waals surface area (Å²) < 4.78 is 0. The van der Waals surface area contributed by atoms with Crippen LogP contribution < -0.4 is 10.6 Å². The minimum atomic E-state index is -1.94. The predicted molar refractivity (Wildman–Crippen MR) is 70.8 cm³/mol. The molecule has 0 radical (unpaired) electrons. The number of aliphatic carboxylic acids is 1. The van der Waals surface area contributed by atoms with Gasteiger partial charge in [-0.1, -0.05) is 11.6 Å². The van der Waals surface area contributed by atoms with Crippen molar-refractivity contribution in [3.05, 3.63) is 11.6 Å². The Hall–Kier alpha value is -1.56. The van der Waals surface area contributed by atoms with Gasteiger partial charge in [0.1, 0.15) is 0 Å². The molecule has 0 aliphatic heterocycles. The lowest BCUT2D eigenvalue weighted by molar-refractivity contribution is -0.155. The summed E-state index contributed by atoms with van der Waals surface area (Å²) in [5.41, 5.74) is -0.576. The van der Waals surface area contributed by atoms with E-state index < -0.39 is 17.6 Å². The fraction of sp³-hybridized carbons (Fsp3) is 0.692. The van der Waals surface area contributed by atoms with Gasteiger partial charge in [0.25, 0.3) is 0 Å². The maximum Gasteiger partial charge on any atom is 0.337 e. The molecule has 1 rings (SSSR count). The van der Waals surface area contributed by atoms with E-state index in [1.165, 1.54) is 18.4 Å². The molecule has 6 heteroatoms. The van der Waals surface area contributed by atoms with Gasteiger partial charge in [-0.3, -0.25) is 0 Å². The number of aliphatic hydroxyl groups is 1. The zero-order valence-corrected chi connectivity index (χ0v) is 11.2. The third kappa shape index (κ3) is 5.74. The van der Waals surface area contributed by atoms with Crippen molar-refractivity contribution in [3.63, 3.8) is 0 Å². The molecule has 0 spiro atoms. The molecule has 0 saturated carbocycles. The highest BCUT2D eigenvalue weighted by atomic mass is 16.4. The number of carbonyl (C=O) groups excluding carboxylic acids is 1. The van der Waals surface area contributed by atoms with E-state index in [9.17, 15) is 14.7 Å². The highest BCUT2D eigenvalue weighted by Gasteiger charge is 2.30. The van der Waals surface area contributed by atoms with Gasteiger partial charge >= 0.3 is 12.0 Å². The normalized spacial score (nSPS) is 18.1. The SMILES string of the molecule is CC(O)(CNC(=O)NCCC1=CCCCC1)C(=O)O. The van der Waals surface area contributed by atoms with Crippen molar-refractivity contribution in [1.82, 2.24) is 10.6 Å². The summed E-state index contributed by atoms with van der Waals surface area (Å²) in [4.78, 5) is 22.0. The average molecular weight is 270 g/mol.